The topological polar surface area (TPSA) is 79.7 Å². The summed E-state index contributed by atoms with van der Waals surface area (Å²) in [7, 11) is 3.09. The van der Waals surface area contributed by atoms with Gasteiger partial charge in [-0.1, -0.05) is 11.8 Å². The molecule has 0 unspecified atom stereocenters. The molecular formula is C22H24N2O5S. The van der Waals surface area contributed by atoms with E-state index < -0.39 is 0 Å². The van der Waals surface area contributed by atoms with Crippen molar-refractivity contribution in [3.63, 3.8) is 0 Å². The lowest BCUT2D eigenvalue weighted by atomic mass is 10.1. The molecule has 0 aliphatic carbocycles. The molecule has 0 spiro atoms. The third kappa shape index (κ3) is 4.43. The summed E-state index contributed by atoms with van der Waals surface area (Å²) in [6.07, 6.45) is 0. The van der Waals surface area contributed by atoms with Crippen molar-refractivity contribution in [2.24, 2.45) is 0 Å². The molecule has 158 valence electrons. The van der Waals surface area contributed by atoms with Gasteiger partial charge in [-0.05, 0) is 50.2 Å². The summed E-state index contributed by atoms with van der Waals surface area (Å²) >= 11 is 1.36. The Hall–Kier alpha value is -3.00. The molecule has 3 rings (SSSR count). The van der Waals surface area contributed by atoms with Crippen LogP contribution in [0.1, 0.15) is 34.6 Å². The molecule has 0 bridgehead atoms. The fourth-order valence-corrected chi connectivity index (χ4v) is 4.06. The molecule has 0 saturated carbocycles. The first kappa shape index (κ1) is 21.7. The summed E-state index contributed by atoms with van der Waals surface area (Å²) in [6.45, 7) is 4.80. The second-order valence-corrected chi connectivity index (χ2v) is 7.29. The summed E-state index contributed by atoms with van der Waals surface area (Å²) < 4.78 is 17.6. The maximum absolute atomic E-state index is 12.7. The molecule has 3 aromatic rings. The number of thioether (sulfide) groups is 1. The van der Waals surface area contributed by atoms with E-state index in [4.69, 9.17) is 14.2 Å². The molecule has 7 nitrogen and oxygen atoms in total. The molecule has 2 aromatic carbocycles. The lowest BCUT2D eigenvalue weighted by Crippen LogP contribution is -2.05. The van der Waals surface area contributed by atoms with Crippen molar-refractivity contribution >= 4 is 34.5 Å². The Morgan fingerprint density at radius 1 is 1.00 bits per heavy atom. The molecule has 1 aromatic heterocycles. The highest BCUT2D eigenvalue weighted by Crippen LogP contribution is 2.29. The van der Waals surface area contributed by atoms with Gasteiger partial charge in [0.1, 0.15) is 0 Å². The molecule has 8 heteroatoms. The number of fused-ring (bicyclic) bond motifs is 1. The number of aryl methyl sites for hydroxylation is 1. The molecule has 0 aliphatic rings. The number of ketones is 1. The third-order valence-electron chi connectivity index (χ3n) is 4.58. The number of nitrogens with zero attached hydrogens (tertiary/aromatic N) is 2. The van der Waals surface area contributed by atoms with E-state index in [-0.39, 0.29) is 17.5 Å². The summed E-state index contributed by atoms with van der Waals surface area (Å²) in [6, 6.07) is 10.4. The Morgan fingerprint density at radius 2 is 1.73 bits per heavy atom. The monoisotopic (exact) mass is 428 g/mol. The van der Waals surface area contributed by atoms with Gasteiger partial charge in [-0.25, -0.2) is 9.78 Å². The third-order valence-corrected chi connectivity index (χ3v) is 5.55. The van der Waals surface area contributed by atoms with Crippen molar-refractivity contribution in [1.29, 1.82) is 0 Å². The molecule has 0 atom stereocenters. The SMILES string of the molecule is CCOC(=O)c1ccc2c(c1)nc(SCC(=O)c1ccc(OC)c(OC)c1)n2CC. The Labute approximate surface area is 179 Å². The van der Waals surface area contributed by atoms with Gasteiger partial charge in [0, 0.05) is 12.1 Å². The van der Waals surface area contributed by atoms with Crippen molar-refractivity contribution in [3.8, 4) is 11.5 Å². The van der Waals surface area contributed by atoms with Gasteiger partial charge in [-0.2, -0.15) is 0 Å². The minimum Gasteiger partial charge on any atom is -0.493 e. The van der Waals surface area contributed by atoms with E-state index in [0.717, 1.165) is 10.7 Å². The van der Waals surface area contributed by atoms with Gasteiger partial charge in [0.2, 0.25) is 0 Å². The van der Waals surface area contributed by atoms with Crippen LogP contribution in [-0.2, 0) is 11.3 Å². The van der Waals surface area contributed by atoms with Crippen molar-refractivity contribution in [2.45, 2.75) is 25.5 Å². The first-order valence-electron chi connectivity index (χ1n) is 9.57. The minimum absolute atomic E-state index is 0.0390. The lowest BCUT2D eigenvalue weighted by Gasteiger charge is -2.09. The van der Waals surface area contributed by atoms with Crippen LogP contribution in [0.5, 0.6) is 11.5 Å². The molecule has 0 fully saturated rings. The van der Waals surface area contributed by atoms with Crippen molar-refractivity contribution in [2.75, 3.05) is 26.6 Å². The number of esters is 1. The van der Waals surface area contributed by atoms with Crippen molar-refractivity contribution < 1.29 is 23.8 Å². The van der Waals surface area contributed by atoms with Crippen LogP contribution in [0.3, 0.4) is 0 Å². The van der Waals surface area contributed by atoms with Gasteiger partial charge in [0.25, 0.3) is 0 Å². The first-order valence-corrected chi connectivity index (χ1v) is 10.6. The second-order valence-electron chi connectivity index (χ2n) is 6.34. The Morgan fingerprint density at radius 3 is 2.40 bits per heavy atom. The first-order chi connectivity index (χ1) is 14.5. The van der Waals surface area contributed by atoms with Crippen LogP contribution in [0.2, 0.25) is 0 Å². The number of carbonyl (C=O) groups excluding carboxylic acids is 2. The number of benzene rings is 2. The average molecular weight is 429 g/mol. The quantitative estimate of drug-likeness (QED) is 0.287. The van der Waals surface area contributed by atoms with E-state index in [2.05, 4.69) is 4.98 Å². The van der Waals surface area contributed by atoms with Crippen LogP contribution in [-0.4, -0.2) is 47.9 Å². The average Bonchev–Trinajstić information content (AvgIpc) is 3.13. The Balaban J connectivity index is 1.81. The highest BCUT2D eigenvalue weighted by atomic mass is 32.2. The highest BCUT2D eigenvalue weighted by molar-refractivity contribution is 7.99. The number of Topliss-reactive ketones (excluding diaryl/α,β-unsaturated/α-hetero) is 1. The fraction of sp³-hybridized carbons (Fsp3) is 0.318. The summed E-state index contributed by atoms with van der Waals surface area (Å²) in [4.78, 5) is 29.3. The minimum atomic E-state index is -0.372. The Kier molecular flexibility index (Phi) is 6.99. The number of ether oxygens (including phenoxy) is 3. The molecule has 1 heterocycles. The predicted molar refractivity (Wildman–Crippen MR) is 116 cm³/mol. The fourth-order valence-electron chi connectivity index (χ4n) is 3.09. The van der Waals surface area contributed by atoms with Crippen LogP contribution in [0.4, 0.5) is 0 Å². The van der Waals surface area contributed by atoms with Crippen molar-refractivity contribution in [3.05, 3.63) is 47.5 Å². The van der Waals surface area contributed by atoms with E-state index >= 15 is 0 Å². The van der Waals surface area contributed by atoms with Gasteiger partial charge in [-0.3, -0.25) is 4.79 Å². The van der Waals surface area contributed by atoms with E-state index in [0.29, 0.717) is 41.3 Å². The van der Waals surface area contributed by atoms with Crippen molar-refractivity contribution in [1.82, 2.24) is 9.55 Å². The van der Waals surface area contributed by atoms with E-state index in [9.17, 15) is 9.59 Å². The number of aromatic nitrogens is 2. The molecule has 0 N–H and O–H groups in total. The molecule has 0 radical (unpaired) electrons. The molecular weight excluding hydrogens is 404 g/mol. The molecule has 30 heavy (non-hydrogen) atoms. The summed E-state index contributed by atoms with van der Waals surface area (Å²) in [5.41, 5.74) is 2.61. The van der Waals surface area contributed by atoms with Gasteiger partial charge in [0.15, 0.2) is 22.4 Å². The van der Waals surface area contributed by atoms with Crippen LogP contribution < -0.4 is 9.47 Å². The van der Waals surface area contributed by atoms with Crippen LogP contribution in [0, 0.1) is 0 Å². The lowest BCUT2D eigenvalue weighted by molar-refractivity contribution is 0.0526. The number of imidazole rings is 1. The number of rotatable bonds is 9. The Bertz CT molecular complexity index is 1080. The maximum atomic E-state index is 12.7. The standard InChI is InChI=1S/C22H24N2O5S/c1-5-24-17-9-7-15(21(26)29-6-2)11-16(17)23-22(24)30-13-18(25)14-8-10-19(27-3)20(12-14)28-4/h7-12H,5-6,13H2,1-4H3. The highest BCUT2D eigenvalue weighted by Gasteiger charge is 2.16. The number of hydrogen-bond donors (Lipinski definition) is 0. The number of methoxy groups -OCH3 is 2. The summed E-state index contributed by atoms with van der Waals surface area (Å²) in [5.74, 6) is 0.905. The maximum Gasteiger partial charge on any atom is 0.338 e. The van der Waals surface area contributed by atoms with E-state index in [1.165, 1.54) is 18.9 Å². The molecule has 0 saturated heterocycles. The number of carbonyl (C=O) groups is 2. The summed E-state index contributed by atoms with van der Waals surface area (Å²) in [5, 5.41) is 0.724. The number of hydrogen-bond acceptors (Lipinski definition) is 7. The van der Waals surface area contributed by atoms with Gasteiger partial charge in [-0.15, -0.1) is 0 Å². The predicted octanol–water partition coefficient (Wildman–Crippen LogP) is 4.23. The normalized spacial score (nSPS) is 10.8. The van der Waals surface area contributed by atoms with Crippen LogP contribution in [0.15, 0.2) is 41.6 Å². The zero-order chi connectivity index (χ0) is 21.7. The largest absolute Gasteiger partial charge is 0.493 e. The molecule has 0 amide bonds. The van der Waals surface area contributed by atoms with Gasteiger partial charge >= 0.3 is 5.97 Å². The van der Waals surface area contributed by atoms with Gasteiger partial charge in [0.05, 0.1) is 43.2 Å². The smallest absolute Gasteiger partial charge is 0.338 e. The molecule has 0 aliphatic heterocycles. The zero-order valence-corrected chi connectivity index (χ0v) is 18.2. The van der Waals surface area contributed by atoms with E-state index in [1.807, 2.05) is 17.6 Å². The second kappa shape index (κ2) is 9.67. The van der Waals surface area contributed by atoms with Gasteiger partial charge < -0.3 is 18.8 Å². The van der Waals surface area contributed by atoms with Crippen LogP contribution >= 0.6 is 11.8 Å². The van der Waals surface area contributed by atoms with E-state index in [1.54, 1.807) is 44.4 Å². The van der Waals surface area contributed by atoms with Crippen LogP contribution in [0.25, 0.3) is 11.0 Å². The zero-order valence-electron chi connectivity index (χ0n) is 17.4.